The number of hydrogen-bond acceptors (Lipinski definition) is 5. The van der Waals surface area contributed by atoms with Crippen molar-refractivity contribution in [2.75, 3.05) is 17.7 Å². The first-order chi connectivity index (χ1) is 7.20. The van der Waals surface area contributed by atoms with Crippen molar-refractivity contribution in [3.63, 3.8) is 0 Å². The van der Waals surface area contributed by atoms with Crippen LogP contribution >= 0.6 is 0 Å². The predicted molar refractivity (Wildman–Crippen MR) is 58.0 cm³/mol. The second-order valence-electron chi connectivity index (χ2n) is 3.51. The van der Waals surface area contributed by atoms with Gasteiger partial charge in [0, 0.05) is 12.8 Å². The highest BCUT2D eigenvalue weighted by molar-refractivity contribution is 5.50. The van der Waals surface area contributed by atoms with Crippen LogP contribution in [-0.4, -0.2) is 27.6 Å². The van der Waals surface area contributed by atoms with E-state index in [0.717, 1.165) is 12.0 Å². The zero-order valence-electron chi connectivity index (χ0n) is 8.90. The molecule has 0 bridgehead atoms. The minimum Gasteiger partial charge on any atom is -0.366 e. The van der Waals surface area contributed by atoms with Crippen molar-refractivity contribution in [2.24, 2.45) is 0 Å². The quantitative estimate of drug-likeness (QED) is 0.773. The molecule has 1 atom stereocenters. The molecule has 2 heterocycles. The number of hydrogen-bond donors (Lipinski definition) is 2. The van der Waals surface area contributed by atoms with Gasteiger partial charge in [-0.25, -0.2) is 4.68 Å². The first-order valence-electron chi connectivity index (χ1n) is 4.99. The van der Waals surface area contributed by atoms with Crippen LogP contribution in [0.3, 0.4) is 0 Å². The van der Waals surface area contributed by atoms with Gasteiger partial charge in [0.15, 0.2) is 6.23 Å². The van der Waals surface area contributed by atoms with Crippen LogP contribution in [0.15, 0.2) is 5.57 Å². The molecule has 6 heteroatoms. The van der Waals surface area contributed by atoms with Gasteiger partial charge in [0.1, 0.15) is 0 Å². The molecule has 0 spiro atoms. The molecule has 82 valence electrons. The van der Waals surface area contributed by atoms with Crippen LogP contribution in [0, 0.1) is 0 Å². The van der Waals surface area contributed by atoms with Crippen molar-refractivity contribution in [2.45, 2.75) is 26.5 Å². The Morgan fingerprint density at radius 1 is 1.67 bits per heavy atom. The molecule has 0 aromatic carbocycles. The van der Waals surface area contributed by atoms with E-state index < -0.39 is 0 Å². The van der Waals surface area contributed by atoms with Crippen molar-refractivity contribution < 1.29 is 4.74 Å². The van der Waals surface area contributed by atoms with E-state index in [1.54, 1.807) is 4.68 Å². The van der Waals surface area contributed by atoms with Gasteiger partial charge >= 0.3 is 0 Å². The summed E-state index contributed by atoms with van der Waals surface area (Å²) in [5, 5.41) is 7.13. The number of ether oxygens (including phenoxy) is 1. The minimum absolute atomic E-state index is 0.124. The highest BCUT2D eigenvalue weighted by Gasteiger charge is 2.20. The fourth-order valence-corrected chi connectivity index (χ4v) is 1.43. The summed E-state index contributed by atoms with van der Waals surface area (Å²) in [5.41, 5.74) is 6.55. The topological polar surface area (TPSA) is 78.0 Å². The summed E-state index contributed by atoms with van der Waals surface area (Å²) >= 11 is 0. The zero-order chi connectivity index (χ0) is 10.8. The van der Waals surface area contributed by atoms with Crippen LogP contribution in [0.4, 0.5) is 11.9 Å². The number of nitrogens with zero attached hydrogens (tertiary/aromatic N) is 3. The van der Waals surface area contributed by atoms with Gasteiger partial charge in [0.25, 0.3) is 0 Å². The summed E-state index contributed by atoms with van der Waals surface area (Å²) in [6.07, 6.45) is 2.73. The standard InChI is InChI=1S/C9H15N5O/c1-3-4-15-7-6(2)5-14-9(11-7)12-8(10)13-14/h5,7H,3-4H2,1-2H3,(H3,10,11,12,13). The predicted octanol–water partition coefficient (Wildman–Crippen LogP) is 0.899. The Hall–Kier alpha value is -1.56. The third kappa shape index (κ3) is 1.94. The van der Waals surface area contributed by atoms with Gasteiger partial charge in [0.05, 0.1) is 0 Å². The summed E-state index contributed by atoms with van der Waals surface area (Å²) in [6, 6.07) is 0. The van der Waals surface area contributed by atoms with Gasteiger partial charge < -0.3 is 15.8 Å². The van der Waals surface area contributed by atoms with E-state index in [1.165, 1.54) is 0 Å². The maximum Gasteiger partial charge on any atom is 0.241 e. The lowest BCUT2D eigenvalue weighted by Crippen LogP contribution is -2.29. The molecule has 2 rings (SSSR count). The highest BCUT2D eigenvalue weighted by Crippen LogP contribution is 2.19. The maximum absolute atomic E-state index is 5.61. The molecule has 1 aromatic heterocycles. The summed E-state index contributed by atoms with van der Waals surface area (Å²) in [5.74, 6) is 0.886. The van der Waals surface area contributed by atoms with Crippen LogP contribution in [0.5, 0.6) is 0 Å². The summed E-state index contributed by atoms with van der Waals surface area (Å²) in [6.45, 7) is 4.77. The smallest absolute Gasteiger partial charge is 0.241 e. The Morgan fingerprint density at radius 2 is 2.47 bits per heavy atom. The number of nitrogen functional groups attached to an aromatic ring is 1. The highest BCUT2D eigenvalue weighted by atomic mass is 16.5. The number of nitrogens with one attached hydrogen (secondary N) is 1. The van der Waals surface area contributed by atoms with Crippen molar-refractivity contribution in [3.05, 3.63) is 5.57 Å². The zero-order valence-corrected chi connectivity index (χ0v) is 8.90. The Kier molecular flexibility index (Phi) is 2.59. The molecule has 1 unspecified atom stereocenters. The van der Waals surface area contributed by atoms with Gasteiger partial charge in [-0.05, 0) is 18.9 Å². The Morgan fingerprint density at radius 3 is 3.20 bits per heavy atom. The van der Waals surface area contributed by atoms with Crippen LogP contribution < -0.4 is 11.1 Å². The lowest BCUT2D eigenvalue weighted by Gasteiger charge is -2.23. The third-order valence-electron chi connectivity index (χ3n) is 2.14. The van der Waals surface area contributed by atoms with Gasteiger partial charge in [-0.3, -0.25) is 0 Å². The van der Waals surface area contributed by atoms with E-state index in [-0.39, 0.29) is 12.2 Å². The van der Waals surface area contributed by atoms with Crippen molar-refractivity contribution >= 4 is 18.1 Å². The largest absolute Gasteiger partial charge is 0.366 e. The van der Waals surface area contributed by atoms with E-state index >= 15 is 0 Å². The monoisotopic (exact) mass is 209 g/mol. The first-order valence-corrected chi connectivity index (χ1v) is 4.99. The van der Waals surface area contributed by atoms with E-state index in [2.05, 4.69) is 22.3 Å². The Bertz CT molecular complexity index is 384. The summed E-state index contributed by atoms with van der Waals surface area (Å²) in [7, 11) is 0. The lowest BCUT2D eigenvalue weighted by atomic mass is 10.2. The average molecular weight is 209 g/mol. The maximum atomic E-state index is 5.61. The number of aromatic nitrogens is 3. The molecule has 0 amide bonds. The van der Waals surface area contributed by atoms with Crippen LogP contribution in [0.25, 0.3) is 6.20 Å². The van der Waals surface area contributed by atoms with Crippen LogP contribution in [-0.2, 0) is 4.74 Å². The number of fused-ring (bicyclic) bond motifs is 1. The van der Waals surface area contributed by atoms with E-state index in [0.29, 0.717) is 12.6 Å². The fraction of sp³-hybridized carbons (Fsp3) is 0.556. The molecule has 0 saturated heterocycles. The van der Waals surface area contributed by atoms with Crippen LogP contribution in [0.2, 0.25) is 0 Å². The normalized spacial score (nSPS) is 19.3. The van der Waals surface area contributed by atoms with Gasteiger partial charge in [-0.2, -0.15) is 4.98 Å². The Balaban J connectivity index is 2.16. The Labute approximate surface area is 88.1 Å². The molecule has 3 N–H and O–H groups in total. The number of rotatable bonds is 3. The second kappa shape index (κ2) is 3.90. The van der Waals surface area contributed by atoms with Crippen molar-refractivity contribution in [1.82, 2.24) is 14.8 Å². The molecule has 1 aliphatic heterocycles. The van der Waals surface area contributed by atoms with Gasteiger partial charge in [-0.15, -0.1) is 5.10 Å². The summed E-state index contributed by atoms with van der Waals surface area (Å²) in [4.78, 5) is 4.04. The van der Waals surface area contributed by atoms with Crippen LogP contribution in [0.1, 0.15) is 20.3 Å². The molecule has 0 fully saturated rings. The molecule has 15 heavy (non-hydrogen) atoms. The minimum atomic E-state index is -0.124. The molecular formula is C9H15N5O. The fourth-order valence-electron chi connectivity index (χ4n) is 1.43. The summed E-state index contributed by atoms with van der Waals surface area (Å²) < 4.78 is 7.23. The van der Waals surface area contributed by atoms with Crippen molar-refractivity contribution in [1.29, 1.82) is 0 Å². The number of anilines is 2. The second-order valence-corrected chi connectivity index (χ2v) is 3.51. The molecule has 0 aliphatic carbocycles. The van der Waals surface area contributed by atoms with Gasteiger partial charge in [0.2, 0.25) is 11.9 Å². The molecule has 1 aromatic rings. The molecule has 1 aliphatic rings. The molecule has 6 nitrogen and oxygen atoms in total. The van der Waals surface area contributed by atoms with E-state index in [4.69, 9.17) is 10.5 Å². The van der Waals surface area contributed by atoms with E-state index in [1.807, 2.05) is 13.1 Å². The SMILES string of the molecule is CCCOC1Nc2nc(N)nn2C=C1C. The van der Waals surface area contributed by atoms with Gasteiger partial charge in [-0.1, -0.05) is 6.92 Å². The van der Waals surface area contributed by atoms with E-state index in [9.17, 15) is 0 Å². The molecule has 0 saturated carbocycles. The lowest BCUT2D eigenvalue weighted by molar-refractivity contribution is 0.0947. The number of nitrogens with two attached hydrogens (primary N) is 1. The first kappa shape index (κ1) is 9.97. The van der Waals surface area contributed by atoms with Crippen molar-refractivity contribution in [3.8, 4) is 0 Å². The third-order valence-corrected chi connectivity index (χ3v) is 2.14. The molecule has 0 radical (unpaired) electrons. The molecular weight excluding hydrogens is 194 g/mol. The average Bonchev–Trinajstić information content (AvgIpc) is 2.53.